The van der Waals surface area contributed by atoms with Gasteiger partial charge in [-0.1, -0.05) is 68.4 Å². The molecule has 0 spiro atoms. The Morgan fingerprint density at radius 3 is 2.10 bits per heavy atom. The molecule has 2 aromatic rings. The fraction of sp³-hybridized carbons (Fsp3) is 0.333. The van der Waals surface area contributed by atoms with Gasteiger partial charge in [0, 0.05) is 12.6 Å². The molecule has 1 atom stereocenters. The van der Waals surface area contributed by atoms with Gasteiger partial charge in [0.15, 0.2) is 0 Å². The second-order valence-electron chi connectivity index (χ2n) is 5.48. The Kier molecular flexibility index (Phi) is 5.33. The van der Waals surface area contributed by atoms with Crippen LogP contribution in [-0.2, 0) is 6.42 Å². The first-order chi connectivity index (χ1) is 9.65. The van der Waals surface area contributed by atoms with E-state index < -0.39 is 0 Å². The van der Waals surface area contributed by atoms with Crippen LogP contribution in [0.5, 0.6) is 0 Å². The summed E-state index contributed by atoms with van der Waals surface area (Å²) >= 11 is 0. The first-order valence-corrected chi connectivity index (χ1v) is 7.21. The summed E-state index contributed by atoms with van der Waals surface area (Å²) in [6, 6.07) is 19.2. The number of hydrogen-bond donors (Lipinski definition) is 2. The molecule has 106 valence electrons. The van der Waals surface area contributed by atoms with E-state index >= 15 is 0 Å². The van der Waals surface area contributed by atoms with Crippen LogP contribution in [0.2, 0.25) is 0 Å². The minimum Gasteiger partial charge on any atom is -0.391 e. The van der Waals surface area contributed by atoms with E-state index in [2.05, 4.69) is 55.6 Å². The van der Waals surface area contributed by atoms with Gasteiger partial charge in [0.2, 0.25) is 0 Å². The quantitative estimate of drug-likeness (QED) is 0.843. The van der Waals surface area contributed by atoms with Crippen LogP contribution in [0.1, 0.15) is 19.4 Å². The van der Waals surface area contributed by atoms with Crippen LogP contribution in [0.4, 0.5) is 0 Å². The van der Waals surface area contributed by atoms with E-state index in [0.717, 1.165) is 0 Å². The molecule has 0 aromatic heterocycles. The van der Waals surface area contributed by atoms with Crippen molar-refractivity contribution in [3.05, 3.63) is 60.2 Å². The average Bonchev–Trinajstić information content (AvgIpc) is 2.47. The molecule has 20 heavy (non-hydrogen) atoms. The number of aliphatic hydroxyl groups is 1. The van der Waals surface area contributed by atoms with Crippen molar-refractivity contribution in [2.75, 3.05) is 6.54 Å². The second-order valence-corrected chi connectivity index (χ2v) is 5.48. The van der Waals surface area contributed by atoms with Crippen molar-refractivity contribution in [3.8, 4) is 11.1 Å². The van der Waals surface area contributed by atoms with Gasteiger partial charge < -0.3 is 10.4 Å². The summed E-state index contributed by atoms with van der Waals surface area (Å²) in [7, 11) is 0. The van der Waals surface area contributed by atoms with Crippen molar-refractivity contribution in [3.63, 3.8) is 0 Å². The van der Waals surface area contributed by atoms with Crippen LogP contribution in [0.3, 0.4) is 0 Å². The minimum atomic E-state index is -0.333. The molecule has 0 bridgehead atoms. The molecule has 0 aliphatic rings. The third-order valence-corrected chi connectivity index (χ3v) is 3.29. The molecular weight excluding hydrogens is 246 g/mol. The van der Waals surface area contributed by atoms with Gasteiger partial charge in [-0.15, -0.1) is 0 Å². The molecule has 0 amide bonds. The standard InChI is InChI=1S/C18H23NO/c1-14(2)19-13-18(20)12-15-8-10-17(11-9-15)16-6-4-3-5-7-16/h3-11,14,18-20H,12-13H2,1-2H3. The van der Waals surface area contributed by atoms with Gasteiger partial charge in [0.25, 0.3) is 0 Å². The highest BCUT2D eigenvalue weighted by atomic mass is 16.3. The maximum atomic E-state index is 9.98. The molecule has 2 heteroatoms. The van der Waals surface area contributed by atoms with Crippen molar-refractivity contribution in [1.82, 2.24) is 5.32 Å². The lowest BCUT2D eigenvalue weighted by Gasteiger charge is -2.14. The zero-order valence-corrected chi connectivity index (χ0v) is 12.2. The Morgan fingerprint density at radius 1 is 0.900 bits per heavy atom. The number of aliphatic hydroxyl groups excluding tert-OH is 1. The van der Waals surface area contributed by atoms with Crippen LogP contribution in [0.15, 0.2) is 54.6 Å². The molecule has 0 saturated heterocycles. The van der Waals surface area contributed by atoms with Crippen molar-refractivity contribution in [2.24, 2.45) is 0 Å². The minimum absolute atomic E-state index is 0.333. The maximum absolute atomic E-state index is 9.98. The predicted molar refractivity (Wildman–Crippen MR) is 84.7 cm³/mol. The van der Waals surface area contributed by atoms with Gasteiger partial charge in [-0.3, -0.25) is 0 Å². The number of hydrogen-bond acceptors (Lipinski definition) is 2. The normalized spacial score (nSPS) is 12.6. The largest absolute Gasteiger partial charge is 0.391 e. The number of rotatable bonds is 6. The molecule has 0 aliphatic heterocycles. The monoisotopic (exact) mass is 269 g/mol. The zero-order chi connectivity index (χ0) is 14.4. The van der Waals surface area contributed by atoms with Gasteiger partial charge in [0.05, 0.1) is 6.10 Å². The third-order valence-electron chi connectivity index (χ3n) is 3.29. The van der Waals surface area contributed by atoms with E-state index in [9.17, 15) is 5.11 Å². The first kappa shape index (κ1) is 14.8. The molecule has 1 unspecified atom stereocenters. The molecule has 0 saturated carbocycles. The summed E-state index contributed by atoms with van der Waals surface area (Å²) < 4.78 is 0. The Balaban J connectivity index is 1.95. The molecule has 2 rings (SSSR count). The van der Waals surface area contributed by atoms with Gasteiger partial charge >= 0.3 is 0 Å². The lowest BCUT2D eigenvalue weighted by molar-refractivity contribution is 0.169. The lowest BCUT2D eigenvalue weighted by atomic mass is 10.0. The summed E-state index contributed by atoms with van der Waals surface area (Å²) in [5, 5.41) is 13.2. The van der Waals surface area contributed by atoms with Crippen LogP contribution < -0.4 is 5.32 Å². The fourth-order valence-corrected chi connectivity index (χ4v) is 2.18. The summed E-state index contributed by atoms with van der Waals surface area (Å²) in [6.45, 7) is 4.81. The Morgan fingerprint density at radius 2 is 1.50 bits per heavy atom. The highest BCUT2D eigenvalue weighted by molar-refractivity contribution is 5.63. The summed E-state index contributed by atoms with van der Waals surface area (Å²) in [4.78, 5) is 0. The Hall–Kier alpha value is -1.64. The predicted octanol–water partition coefficient (Wildman–Crippen LogP) is 3.26. The molecule has 0 radical (unpaired) electrons. The molecule has 2 nitrogen and oxygen atoms in total. The molecule has 2 aromatic carbocycles. The average molecular weight is 269 g/mol. The highest BCUT2D eigenvalue weighted by Gasteiger charge is 2.06. The summed E-state index contributed by atoms with van der Waals surface area (Å²) in [5.74, 6) is 0. The van der Waals surface area contributed by atoms with E-state index in [1.165, 1.54) is 16.7 Å². The van der Waals surface area contributed by atoms with Crippen molar-refractivity contribution in [2.45, 2.75) is 32.4 Å². The summed E-state index contributed by atoms with van der Waals surface area (Å²) in [6.07, 6.45) is 0.356. The van der Waals surface area contributed by atoms with Crippen LogP contribution >= 0.6 is 0 Å². The first-order valence-electron chi connectivity index (χ1n) is 7.21. The molecule has 2 N–H and O–H groups in total. The highest BCUT2D eigenvalue weighted by Crippen LogP contribution is 2.19. The van der Waals surface area contributed by atoms with E-state index in [0.29, 0.717) is 19.0 Å². The van der Waals surface area contributed by atoms with Crippen molar-refractivity contribution >= 4 is 0 Å². The van der Waals surface area contributed by atoms with Gasteiger partial charge in [-0.2, -0.15) is 0 Å². The van der Waals surface area contributed by atoms with Crippen molar-refractivity contribution in [1.29, 1.82) is 0 Å². The number of nitrogens with one attached hydrogen (secondary N) is 1. The Bertz CT molecular complexity index is 505. The topological polar surface area (TPSA) is 32.3 Å². The zero-order valence-electron chi connectivity index (χ0n) is 12.2. The third kappa shape index (κ3) is 4.48. The van der Waals surface area contributed by atoms with E-state index in [1.807, 2.05) is 18.2 Å². The van der Waals surface area contributed by atoms with Crippen LogP contribution in [0.25, 0.3) is 11.1 Å². The van der Waals surface area contributed by atoms with Crippen LogP contribution in [0, 0.1) is 0 Å². The summed E-state index contributed by atoms with van der Waals surface area (Å²) in [5.41, 5.74) is 3.60. The van der Waals surface area contributed by atoms with Crippen molar-refractivity contribution < 1.29 is 5.11 Å². The van der Waals surface area contributed by atoms with E-state index in [1.54, 1.807) is 0 Å². The van der Waals surface area contributed by atoms with Crippen LogP contribution in [-0.4, -0.2) is 23.8 Å². The lowest BCUT2D eigenvalue weighted by Crippen LogP contribution is -2.32. The smallest absolute Gasteiger partial charge is 0.0704 e. The SMILES string of the molecule is CC(C)NCC(O)Cc1ccc(-c2ccccc2)cc1. The van der Waals surface area contributed by atoms with Gasteiger partial charge in [-0.05, 0) is 23.1 Å². The van der Waals surface area contributed by atoms with Gasteiger partial charge in [-0.25, -0.2) is 0 Å². The second kappa shape index (κ2) is 7.22. The molecule has 0 heterocycles. The van der Waals surface area contributed by atoms with E-state index in [-0.39, 0.29) is 6.10 Å². The Labute approximate surface area is 121 Å². The maximum Gasteiger partial charge on any atom is 0.0704 e. The van der Waals surface area contributed by atoms with Gasteiger partial charge in [0.1, 0.15) is 0 Å². The number of benzene rings is 2. The molecule has 0 aliphatic carbocycles. The molecule has 0 fully saturated rings. The van der Waals surface area contributed by atoms with E-state index in [4.69, 9.17) is 0 Å². The molecular formula is C18H23NO. The fourth-order valence-electron chi connectivity index (χ4n) is 2.18.